The van der Waals surface area contributed by atoms with Crippen molar-refractivity contribution in [2.45, 2.75) is 46.5 Å². The number of nitrogens with one attached hydrogen (secondary N) is 1. The van der Waals surface area contributed by atoms with Crippen LogP contribution in [0.3, 0.4) is 0 Å². The van der Waals surface area contributed by atoms with Crippen LogP contribution in [-0.4, -0.2) is 29.7 Å². The van der Waals surface area contributed by atoms with E-state index < -0.39 is 0 Å². The Bertz CT molecular complexity index is 385. The molecule has 0 bridgehead atoms. The number of anilines is 1. The summed E-state index contributed by atoms with van der Waals surface area (Å²) in [6, 6.07) is 0. The number of hydrogen-bond donors (Lipinski definition) is 1. The fourth-order valence-electron chi connectivity index (χ4n) is 1.67. The predicted molar refractivity (Wildman–Crippen MR) is 80.0 cm³/mol. The van der Waals surface area contributed by atoms with Gasteiger partial charge in [-0.15, -0.1) is 0 Å². The van der Waals surface area contributed by atoms with Crippen LogP contribution in [0.1, 0.15) is 44.5 Å². The molecule has 1 rings (SSSR count). The maximum absolute atomic E-state index is 6.12. The van der Waals surface area contributed by atoms with Crippen molar-refractivity contribution < 1.29 is 4.74 Å². The van der Waals surface area contributed by atoms with Crippen molar-refractivity contribution >= 4 is 17.4 Å². The average molecular weight is 286 g/mol. The molecule has 108 valence electrons. The molecular formula is C14H24ClN3O. The van der Waals surface area contributed by atoms with Crippen LogP contribution in [0.5, 0.6) is 0 Å². The monoisotopic (exact) mass is 285 g/mol. The topological polar surface area (TPSA) is 47.0 Å². The second-order valence-electron chi connectivity index (χ2n) is 4.55. The summed E-state index contributed by atoms with van der Waals surface area (Å²) in [5.41, 5.74) is 0.913. The van der Waals surface area contributed by atoms with Gasteiger partial charge in [0.1, 0.15) is 16.8 Å². The lowest BCUT2D eigenvalue weighted by molar-refractivity contribution is 0.134. The van der Waals surface area contributed by atoms with Gasteiger partial charge in [-0.05, 0) is 26.2 Å². The zero-order valence-corrected chi connectivity index (χ0v) is 12.9. The van der Waals surface area contributed by atoms with Gasteiger partial charge in [0.25, 0.3) is 0 Å². The first-order valence-electron chi connectivity index (χ1n) is 7.03. The van der Waals surface area contributed by atoms with Crippen LogP contribution in [0, 0.1) is 6.92 Å². The summed E-state index contributed by atoms with van der Waals surface area (Å²) in [5, 5.41) is 3.86. The first-order chi connectivity index (χ1) is 9.19. The molecule has 0 atom stereocenters. The molecule has 1 aromatic rings. The van der Waals surface area contributed by atoms with Gasteiger partial charge in [-0.1, -0.05) is 25.4 Å². The van der Waals surface area contributed by atoms with E-state index in [1.165, 1.54) is 0 Å². The largest absolute Gasteiger partial charge is 0.381 e. The molecule has 0 fully saturated rings. The van der Waals surface area contributed by atoms with Gasteiger partial charge in [-0.2, -0.15) is 0 Å². The van der Waals surface area contributed by atoms with Gasteiger partial charge in [0, 0.05) is 31.7 Å². The molecule has 0 aliphatic carbocycles. The minimum absolute atomic E-state index is 0.545. The van der Waals surface area contributed by atoms with Gasteiger partial charge in [-0.25, -0.2) is 9.97 Å². The van der Waals surface area contributed by atoms with Gasteiger partial charge in [0.05, 0.1) is 0 Å². The average Bonchev–Trinajstić information content (AvgIpc) is 2.39. The Morgan fingerprint density at radius 3 is 2.63 bits per heavy atom. The first kappa shape index (κ1) is 16.2. The van der Waals surface area contributed by atoms with Crippen molar-refractivity contribution in [3.63, 3.8) is 0 Å². The first-order valence-corrected chi connectivity index (χ1v) is 7.41. The lowest BCUT2D eigenvalue weighted by atomic mass is 10.3. The van der Waals surface area contributed by atoms with Crippen molar-refractivity contribution in [2.24, 2.45) is 0 Å². The molecule has 0 amide bonds. The van der Waals surface area contributed by atoms with Crippen molar-refractivity contribution in [2.75, 3.05) is 25.1 Å². The predicted octanol–water partition coefficient (Wildman–Crippen LogP) is 3.62. The molecule has 0 saturated carbocycles. The third-order valence-corrected chi connectivity index (χ3v) is 3.08. The van der Waals surface area contributed by atoms with Gasteiger partial charge in [-0.3, -0.25) is 0 Å². The molecule has 19 heavy (non-hydrogen) atoms. The molecule has 1 heterocycles. The maximum Gasteiger partial charge on any atom is 0.137 e. The number of halogens is 1. The molecule has 1 aromatic heterocycles. The Balaban J connectivity index is 2.47. The lowest BCUT2D eigenvalue weighted by Gasteiger charge is -2.11. The molecule has 0 spiro atoms. The molecule has 0 radical (unpaired) electrons. The molecule has 0 aromatic carbocycles. The van der Waals surface area contributed by atoms with E-state index in [2.05, 4.69) is 29.1 Å². The van der Waals surface area contributed by atoms with E-state index in [-0.39, 0.29) is 0 Å². The van der Waals surface area contributed by atoms with Crippen molar-refractivity contribution in [1.29, 1.82) is 0 Å². The number of hydrogen-bond acceptors (Lipinski definition) is 4. The Labute approximate surface area is 120 Å². The summed E-state index contributed by atoms with van der Waals surface area (Å²) in [4.78, 5) is 8.79. The standard InChI is InChI=1S/C14H24ClN3O/c1-4-7-12-17-13(15)11(3)14(18-12)16-8-6-10-19-9-5-2/h4-10H2,1-3H3,(H,16,17,18). The lowest BCUT2D eigenvalue weighted by Crippen LogP contribution is -2.10. The molecule has 1 N–H and O–H groups in total. The molecule has 0 unspecified atom stereocenters. The molecular weight excluding hydrogens is 262 g/mol. The molecule has 5 heteroatoms. The van der Waals surface area contributed by atoms with Crippen LogP contribution >= 0.6 is 11.6 Å². The smallest absolute Gasteiger partial charge is 0.137 e. The highest BCUT2D eigenvalue weighted by Crippen LogP contribution is 2.20. The zero-order chi connectivity index (χ0) is 14.1. The minimum Gasteiger partial charge on any atom is -0.381 e. The molecule has 0 saturated heterocycles. The third kappa shape index (κ3) is 5.74. The Kier molecular flexibility index (Phi) is 7.75. The van der Waals surface area contributed by atoms with Crippen molar-refractivity contribution in [3.8, 4) is 0 Å². The van der Waals surface area contributed by atoms with E-state index in [9.17, 15) is 0 Å². The van der Waals surface area contributed by atoms with Crippen molar-refractivity contribution in [1.82, 2.24) is 9.97 Å². The van der Waals surface area contributed by atoms with Gasteiger partial charge >= 0.3 is 0 Å². The van der Waals surface area contributed by atoms with Crippen LogP contribution in [0.4, 0.5) is 5.82 Å². The highest BCUT2D eigenvalue weighted by molar-refractivity contribution is 6.30. The Hall–Kier alpha value is -0.870. The number of nitrogens with zero attached hydrogens (tertiary/aromatic N) is 2. The van der Waals surface area contributed by atoms with Gasteiger partial charge in [0.15, 0.2) is 0 Å². The Morgan fingerprint density at radius 2 is 1.95 bits per heavy atom. The molecule has 4 nitrogen and oxygen atoms in total. The fourth-order valence-corrected chi connectivity index (χ4v) is 1.85. The number of rotatable bonds is 9. The van der Waals surface area contributed by atoms with Gasteiger partial charge < -0.3 is 10.1 Å². The summed E-state index contributed by atoms with van der Waals surface area (Å²) >= 11 is 6.12. The maximum atomic E-state index is 6.12. The molecule has 0 aliphatic rings. The minimum atomic E-state index is 0.545. The SMILES string of the molecule is CCCOCCCNc1nc(CCC)nc(Cl)c1C. The van der Waals surface area contributed by atoms with E-state index >= 15 is 0 Å². The van der Waals surface area contributed by atoms with Crippen LogP contribution in [0.15, 0.2) is 0 Å². The summed E-state index contributed by atoms with van der Waals surface area (Å²) in [7, 11) is 0. The number of aromatic nitrogens is 2. The van der Waals surface area contributed by atoms with Crippen LogP contribution in [-0.2, 0) is 11.2 Å². The zero-order valence-electron chi connectivity index (χ0n) is 12.1. The second-order valence-corrected chi connectivity index (χ2v) is 4.90. The highest BCUT2D eigenvalue weighted by atomic mass is 35.5. The third-order valence-electron chi connectivity index (χ3n) is 2.71. The highest BCUT2D eigenvalue weighted by Gasteiger charge is 2.08. The second kappa shape index (κ2) is 9.10. The number of ether oxygens (including phenoxy) is 1. The Morgan fingerprint density at radius 1 is 1.16 bits per heavy atom. The van der Waals surface area contributed by atoms with E-state index in [0.717, 1.165) is 62.6 Å². The quantitative estimate of drug-likeness (QED) is 0.556. The van der Waals surface area contributed by atoms with Crippen LogP contribution < -0.4 is 5.32 Å². The van der Waals surface area contributed by atoms with Crippen molar-refractivity contribution in [3.05, 3.63) is 16.5 Å². The fraction of sp³-hybridized carbons (Fsp3) is 0.714. The van der Waals surface area contributed by atoms with E-state index in [0.29, 0.717) is 5.15 Å². The summed E-state index contributed by atoms with van der Waals surface area (Å²) in [6.07, 6.45) is 3.90. The summed E-state index contributed by atoms with van der Waals surface area (Å²) in [5.74, 6) is 1.65. The molecule has 0 aliphatic heterocycles. The summed E-state index contributed by atoms with van der Waals surface area (Å²) in [6.45, 7) is 8.60. The van der Waals surface area contributed by atoms with Crippen LogP contribution in [0.2, 0.25) is 5.15 Å². The van der Waals surface area contributed by atoms with E-state index in [4.69, 9.17) is 16.3 Å². The van der Waals surface area contributed by atoms with Crippen LogP contribution in [0.25, 0.3) is 0 Å². The van der Waals surface area contributed by atoms with E-state index in [1.807, 2.05) is 6.92 Å². The van der Waals surface area contributed by atoms with Gasteiger partial charge in [0.2, 0.25) is 0 Å². The normalized spacial score (nSPS) is 10.7. The number of aryl methyl sites for hydroxylation is 1. The van der Waals surface area contributed by atoms with E-state index in [1.54, 1.807) is 0 Å². The summed E-state index contributed by atoms with van der Waals surface area (Å²) < 4.78 is 5.44.